The molecular weight excluding hydrogens is 182 g/mol. The van der Waals surface area contributed by atoms with Crippen LogP contribution in [0, 0.1) is 0 Å². The van der Waals surface area contributed by atoms with Gasteiger partial charge in [0.1, 0.15) is 0 Å². The summed E-state index contributed by atoms with van der Waals surface area (Å²) >= 11 is 0. The van der Waals surface area contributed by atoms with Crippen LogP contribution in [0.15, 0.2) is 39.9 Å². The molecule has 0 aliphatic heterocycles. The lowest BCUT2D eigenvalue weighted by Crippen LogP contribution is -2.18. The first-order valence-electron chi connectivity index (χ1n) is 4.19. The van der Waals surface area contributed by atoms with Crippen LogP contribution in [-0.2, 0) is 6.54 Å². The zero-order valence-electron chi connectivity index (χ0n) is 7.36. The zero-order chi connectivity index (χ0) is 9.97. The Balaban J connectivity index is 2.32. The third-order valence-electron chi connectivity index (χ3n) is 1.89. The lowest BCUT2D eigenvalue weighted by Gasteiger charge is -1.99. The molecule has 0 aliphatic carbocycles. The lowest BCUT2D eigenvalue weighted by atomic mass is 10.2. The predicted octanol–water partition coefficient (Wildman–Crippen LogP) is -0.0870. The maximum Gasteiger partial charge on any atom is 0.344 e. The molecule has 5 nitrogen and oxygen atoms in total. The van der Waals surface area contributed by atoms with Crippen molar-refractivity contribution in [3.63, 3.8) is 0 Å². The van der Waals surface area contributed by atoms with Crippen molar-refractivity contribution in [2.45, 2.75) is 6.54 Å². The highest BCUT2D eigenvalue weighted by atomic mass is 16.2. The Kier molecular flexibility index (Phi) is 2.06. The molecule has 14 heavy (non-hydrogen) atoms. The largest absolute Gasteiger partial charge is 0.344 e. The normalized spacial score (nSPS) is 10.3. The maximum absolute atomic E-state index is 11.1. The van der Waals surface area contributed by atoms with Gasteiger partial charge in [-0.2, -0.15) is 0 Å². The summed E-state index contributed by atoms with van der Waals surface area (Å²) in [6.45, 7) is 0.373. The van der Waals surface area contributed by atoms with E-state index in [1.807, 2.05) is 30.3 Å². The van der Waals surface area contributed by atoms with Gasteiger partial charge in [-0.05, 0) is 5.56 Å². The monoisotopic (exact) mass is 191 g/mol. The second-order valence-electron chi connectivity index (χ2n) is 2.94. The first kappa shape index (κ1) is 8.55. The highest BCUT2D eigenvalue weighted by Crippen LogP contribution is 1.98. The third kappa shape index (κ3) is 1.66. The summed E-state index contributed by atoms with van der Waals surface area (Å²) < 4.78 is 1.23. The van der Waals surface area contributed by atoms with Crippen LogP contribution in [0.25, 0.3) is 0 Å². The van der Waals surface area contributed by atoms with Gasteiger partial charge in [-0.25, -0.2) is 19.4 Å². The zero-order valence-corrected chi connectivity index (χ0v) is 7.36. The standard InChI is InChI=1S/C9H9N3O2/c13-8-10-9(14)12(11-8)6-7-4-2-1-3-5-7/h1-5H,6H2,(H2,10,11,13,14). The van der Waals surface area contributed by atoms with E-state index < -0.39 is 11.4 Å². The number of benzene rings is 1. The minimum Gasteiger partial charge on any atom is -0.257 e. The van der Waals surface area contributed by atoms with E-state index in [1.54, 1.807) is 0 Å². The number of nitrogens with one attached hydrogen (secondary N) is 2. The molecule has 0 bridgehead atoms. The van der Waals surface area contributed by atoms with Crippen molar-refractivity contribution in [2.24, 2.45) is 0 Å². The molecule has 2 N–H and O–H groups in total. The van der Waals surface area contributed by atoms with Crippen LogP contribution in [0.2, 0.25) is 0 Å². The summed E-state index contributed by atoms with van der Waals surface area (Å²) in [5.74, 6) is 0. The molecule has 0 saturated carbocycles. The third-order valence-corrected chi connectivity index (χ3v) is 1.89. The van der Waals surface area contributed by atoms with Crippen LogP contribution >= 0.6 is 0 Å². The van der Waals surface area contributed by atoms with Crippen molar-refractivity contribution in [1.82, 2.24) is 14.8 Å². The second kappa shape index (κ2) is 3.37. The molecule has 0 unspecified atom stereocenters. The van der Waals surface area contributed by atoms with Gasteiger partial charge in [-0.15, -0.1) is 0 Å². The Labute approximate surface area is 79.0 Å². The van der Waals surface area contributed by atoms with E-state index in [0.29, 0.717) is 6.54 Å². The number of aromatic amines is 2. The number of hydrogen-bond donors (Lipinski definition) is 2. The molecule has 1 aromatic carbocycles. The summed E-state index contributed by atoms with van der Waals surface area (Å²) in [4.78, 5) is 24.0. The van der Waals surface area contributed by atoms with Crippen molar-refractivity contribution >= 4 is 0 Å². The van der Waals surface area contributed by atoms with E-state index in [0.717, 1.165) is 5.56 Å². The molecule has 1 heterocycles. The average Bonchev–Trinajstić information content (AvgIpc) is 2.47. The molecule has 72 valence electrons. The van der Waals surface area contributed by atoms with E-state index in [-0.39, 0.29) is 0 Å². The van der Waals surface area contributed by atoms with E-state index in [9.17, 15) is 9.59 Å². The molecule has 0 spiro atoms. The van der Waals surface area contributed by atoms with Crippen molar-refractivity contribution < 1.29 is 0 Å². The Morgan fingerprint density at radius 2 is 1.86 bits per heavy atom. The van der Waals surface area contributed by atoms with E-state index in [2.05, 4.69) is 10.1 Å². The van der Waals surface area contributed by atoms with Crippen molar-refractivity contribution in [1.29, 1.82) is 0 Å². The van der Waals surface area contributed by atoms with E-state index in [4.69, 9.17) is 0 Å². The van der Waals surface area contributed by atoms with Crippen LogP contribution < -0.4 is 11.4 Å². The second-order valence-corrected chi connectivity index (χ2v) is 2.94. The summed E-state index contributed by atoms with van der Waals surface area (Å²) in [7, 11) is 0. The van der Waals surface area contributed by atoms with Crippen LogP contribution in [0.4, 0.5) is 0 Å². The first-order valence-corrected chi connectivity index (χ1v) is 4.19. The van der Waals surface area contributed by atoms with Gasteiger partial charge in [-0.3, -0.25) is 4.98 Å². The average molecular weight is 191 g/mol. The van der Waals surface area contributed by atoms with E-state index in [1.165, 1.54) is 4.68 Å². The van der Waals surface area contributed by atoms with Crippen LogP contribution in [0.1, 0.15) is 5.56 Å². The SMILES string of the molecule is O=c1[nH]c(=O)n(Cc2ccccc2)[nH]1. The number of aromatic nitrogens is 3. The summed E-state index contributed by atoms with van der Waals surface area (Å²) in [5.41, 5.74) is 0.0645. The van der Waals surface area contributed by atoms with E-state index >= 15 is 0 Å². The van der Waals surface area contributed by atoms with Gasteiger partial charge in [0.15, 0.2) is 0 Å². The molecule has 2 aromatic rings. The fourth-order valence-electron chi connectivity index (χ4n) is 1.24. The van der Waals surface area contributed by atoms with Gasteiger partial charge in [0, 0.05) is 0 Å². The molecule has 0 aliphatic rings. The van der Waals surface area contributed by atoms with Crippen molar-refractivity contribution in [2.75, 3.05) is 0 Å². The number of rotatable bonds is 2. The maximum atomic E-state index is 11.1. The quantitative estimate of drug-likeness (QED) is 0.696. The van der Waals surface area contributed by atoms with Gasteiger partial charge in [0.2, 0.25) is 0 Å². The number of nitrogens with zero attached hydrogens (tertiary/aromatic N) is 1. The fraction of sp³-hybridized carbons (Fsp3) is 0.111. The molecule has 0 saturated heterocycles. The lowest BCUT2D eigenvalue weighted by molar-refractivity contribution is 0.654. The highest BCUT2D eigenvalue weighted by Gasteiger charge is 1.99. The Hall–Kier alpha value is -2.04. The Morgan fingerprint density at radius 1 is 1.14 bits per heavy atom. The Morgan fingerprint density at radius 3 is 2.43 bits per heavy atom. The summed E-state index contributed by atoms with van der Waals surface area (Å²) in [6.07, 6.45) is 0. The van der Waals surface area contributed by atoms with Gasteiger partial charge in [0.25, 0.3) is 0 Å². The highest BCUT2D eigenvalue weighted by molar-refractivity contribution is 5.14. The van der Waals surface area contributed by atoms with Gasteiger partial charge < -0.3 is 0 Å². The number of hydrogen-bond acceptors (Lipinski definition) is 2. The fourth-order valence-corrected chi connectivity index (χ4v) is 1.24. The minimum atomic E-state index is -0.481. The molecule has 2 rings (SSSR count). The topological polar surface area (TPSA) is 70.7 Å². The summed E-state index contributed by atoms with van der Waals surface area (Å²) in [5, 5.41) is 2.39. The molecule has 0 fully saturated rings. The first-order chi connectivity index (χ1) is 6.75. The minimum absolute atomic E-state index is 0.373. The molecule has 0 radical (unpaired) electrons. The molecule has 5 heteroatoms. The van der Waals surface area contributed by atoms with Gasteiger partial charge in [0.05, 0.1) is 6.54 Å². The van der Waals surface area contributed by atoms with Crippen LogP contribution in [0.3, 0.4) is 0 Å². The van der Waals surface area contributed by atoms with Crippen molar-refractivity contribution in [3.05, 3.63) is 56.9 Å². The molecule has 0 amide bonds. The molecular formula is C9H9N3O2. The number of H-pyrrole nitrogens is 2. The smallest absolute Gasteiger partial charge is 0.257 e. The molecule has 0 atom stereocenters. The Bertz CT molecular complexity index is 521. The van der Waals surface area contributed by atoms with Gasteiger partial charge >= 0.3 is 11.4 Å². The van der Waals surface area contributed by atoms with Crippen LogP contribution in [0.5, 0.6) is 0 Å². The van der Waals surface area contributed by atoms with Gasteiger partial charge in [-0.1, -0.05) is 30.3 Å². The van der Waals surface area contributed by atoms with Crippen molar-refractivity contribution in [3.8, 4) is 0 Å². The predicted molar refractivity (Wildman–Crippen MR) is 51.2 cm³/mol. The summed E-state index contributed by atoms with van der Waals surface area (Å²) in [6, 6.07) is 9.43. The van der Waals surface area contributed by atoms with Crippen LogP contribution in [-0.4, -0.2) is 14.8 Å². The molecule has 1 aromatic heterocycles.